The Morgan fingerprint density at radius 2 is 1.81 bits per heavy atom. The number of carbonyl (C=O) groups is 1. The number of benzene rings is 1. The van der Waals surface area contributed by atoms with Gasteiger partial charge in [0.2, 0.25) is 0 Å². The van der Waals surface area contributed by atoms with Crippen molar-refractivity contribution in [1.29, 1.82) is 0 Å². The maximum Gasteiger partial charge on any atom is 0.304 e. The summed E-state index contributed by atoms with van der Waals surface area (Å²) in [6.07, 6.45) is 12.3. The van der Waals surface area contributed by atoms with Crippen molar-refractivity contribution in [1.82, 2.24) is 0 Å². The maximum atomic E-state index is 11.0. The third-order valence-corrected chi connectivity index (χ3v) is 6.19. The Morgan fingerprint density at radius 3 is 2.38 bits per heavy atom. The Kier molecular flexibility index (Phi) is 6.25. The van der Waals surface area contributed by atoms with Gasteiger partial charge in [-0.2, -0.15) is 0 Å². The summed E-state index contributed by atoms with van der Waals surface area (Å²) in [5.74, 6) is 5.63. The summed E-state index contributed by atoms with van der Waals surface area (Å²) in [7, 11) is 0. The second-order valence-corrected chi connectivity index (χ2v) is 7.99. The summed E-state index contributed by atoms with van der Waals surface area (Å²) in [6.45, 7) is 1.74. The number of ether oxygens (including phenoxy) is 1. The first-order chi connectivity index (χ1) is 12.6. The molecule has 1 aromatic carbocycles. The number of hydrogen-bond acceptors (Lipinski definition) is 2. The zero-order valence-electron chi connectivity index (χ0n) is 15.8. The van der Waals surface area contributed by atoms with Crippen LogP contribution in [0.4, 0.5) is 0 Å². The van der Waals surface area contributed by atoms with Gasteiger partial charge in [-0.15, -0.1) is 5.92 Å². The van der Waals surface area contributed by atoms with Crippen LogP contribution in [0.3, 0.4) is 0 Å². The molecule has 1 spiro atoms. The first-order valence-corrected chi connectivity index (χ1v) is 10.0. The van der Waals surface area contributed by atoms with Crippen molar-refractivity contribution in [3.05, 3.63) is 29.8 Å². The number of carboxylic acid groups (broad SMARTS) is 1. The Hall–Kier alpha value is -1.95. The molecule has 0 amide bonds. The molecule has 0 aliphatic heterocycles. The highest BCUT2D eigenvalue weighted by atomic mass is 16.5. The second kappa shape index (κ2) is 8.62. The SMILES string of the molecule is CC#C[C@@H](CC(=O)O)c1ccc(OC2CCC3(CCCCC3)CC2)cc1. The first kappa shape index (κ1) is 18.8. The Bertz CT molecular complexity index is 649. The highest BCUT2D eigenvalue weighted by molar-refractivity contribution is 5.69. The molecule has 2 aliphatic rings. The molecule has 3 heteroatoms. The van der Waals surface area contributed by atoms with Crippen LogP contribution in [-0.4, -0.2) is 17.2 Å². The second-order valence-electron chi connectivity index (χ2n) is 7.99. The van der Waals surface area contributed by atoms with Gasteiger partial charge in [0.15, 0.2) is 0 Å². The molecule has 0 radical (unpaired) electrons. The van der Waals surface area contributed by atoms with Crippen molar-refractivity contribution in [3.8, 4) is 17.6 Å². The molecule has 2 fully saturated rings. The van der Waals surface area contributed by atoms with Gasteiger partial charge in [-0.3, -0.25) is 4.79 Å². The van der Waals surface area contributed by atoms with Gasteiger partial charge >= 0.3 is 5.97 Å². The van der Waals surface area contributed by atoms with Gasteiger partial charge < -0.3 is 9.84 Å². The molecule has 2 aliphatic carbocycles. The third kappa shape index (κ3) is 4.81. The van der Waals surface area contributed by atoms with Crippen LogP contribution in [0, 0.1) is 17.3 Å². The molecule has 0 bridgehead atoms. The molecule has 0 aromatic heterocycles. The van der Waals surface area contributed by atoms with E-state index in [4.69, 9.17) is 9.84 Å². The van der Waals surface area contributed by atoms with E-state index in [1.165, 1.54) is 44.9 Å². The van der Waals surface area contributed by atoms with Crippen LogP contribution >= 0.6 is 0 Å². The van der Waals surface area contributed by atoms with E-state index in [1.54, 1.807) is 6.92 Å². The van der Waals surface area contributed by atoms with E-state index in [9.17, 15) is 4.79 Å². The number of aliphatic carboxylic acids is 1. The molecule has 1 N–H and O–H groups in total. The monoisotopic (exact) mass is 354 g/mol. The molecule has 0 unspecified atom stereocenters. The zero-order valence-corrected chi connectivity index (χ0v) is 15.8. The molecule has 3 nitrogen and oxygen atoms in total. The lowest BCUT2D eigenvalue weighted by Crippen LogP contribution is -2.33. The fourth-order valence-corrected chi connectivity index (χ4v) is 4.70. The van der Waals surface area contributed by atoms with Crippen LogP contribution in [0.1, 0.15) is 82.6 Å². The molecule has 26 heavy (non-hydrogen) atoms. The smallest absolute Gasteiger partial charge is 0.304 e. The van der Waals surface area contributed by atoms with E-state index in [-0.39, 0.29) is 12.3 Å². The lowest BCUT2D eigenvalue weighted by Gasteiger charge is -2.42. The lowest BCUT2D eigenvalue weighted by atomic mass is 9.65. The molecule has 0 saturated heterocycles. The highest BCUT2D eigenvalue weighted by Crippen LogP contribution is 2.47. The van der Waals surface area contributed by atoms with E-state index in [2.05, 4.69) is 11.8 Å². The summed E-state index contributed by atoms with van der Waals surface area (Å²) in [4.78, 5) is 11.0. The van der Waals surface area contributed by atoms with Crippen molar-refractivity contribution >= 4 is 5.97 Å². The van der Waals surface area contributed by atoms with Gasteiger partial charge in [0.1, 0.15) is 5.75 Å². The quantitative estimate of drug-likeness (QED) is 0.706. The van der Waals surface area contributed by atoms with Crippen LogP contribution in [0.5, 0.6) is 5.75 Å². The van der Waals surface area contributed by atoms with Gasteiger partial charge in [0.25, 0.3) is 0 Å². The van der Waals surface area contributed by atoms with E-state index in [0.29, 0.717) is 11.5 Å². The lowest BCUT2D eigenvalue weighted by molar-refractivity contribution is -0.137. The molecule has 3 rings (SSSR count). The van der Waals surface area contributed by atoms with Crippen LogP contribution in [0.25, 0.3) is 0 Å². The summed E-state index contributed by atoms with van der Waals surface area (Å²) >= 11 is 0. The summed E-state index contributed by atoms with van der Waals surface area (Å²) in [5, 5.41) is 9.06. The van der Waals surface area contributed by atoms with Crippen molar-refractivity contribution in [3.63, 3.8) is 0 Å². The van der Waals surface area contributed by atoms with Crippen LogP contribution in [0.15, 0.2) is 24.3 Å². The van der Waals surface area contributed by atoms with Crippen LogP contribution < -0.4 is 4.74 Å². The van der Waals surface area contributed by atoms with E-state index in [0.717, 1.165) is 24.2 Å². The van der Waals surface area contributed by atoms with Gasteiger partial charge in [0.05, 0.1) is 18.4 Å². The topological polar surface area (TPSA) is 46.5 Å². The number of carboxylic acids is 1. The summed E-state index contributed by atoms with van der Waals surface area (Å²) in [6, 6.07) is 7.84. The zero-order chi connectivity index (χ0) is 18.4. The normalized spacial score (nSPS) is 20.8. The summed E-state index contributed by atoms with van der Waals surface area (Å²) < 4.78 is 6.21. The predicted octanol–water partition coefficient (Wildman–Crippen LogP) is 5.54. The fraction of sp³-hybridized carbons (Fsp3) is 0.609. The Labute approximate surface area is 157 Å². The predicted molar refractivity (Wildman–Crippen MR) is 103 cm³/mol. The standard InChI is InChI=1S/C23H30O3/c1-2-6-19(17-22(24)25)18-7-9-20(10-8-18)26-21-11-15-23(16-12-21)13-4-3-5-14-23/h7-10,19,21H,3-5,11-17H2,1H3,(H,24,25)/t19-/m0/s1. The van der Waals surface area contributed by atoms with E-state index < -0.39 is 5.97 Å². The molecule has 1 atom stereocenters. The van der Waals surface area contributed by atoms with Crippen LogP contribution in [-0.2, 0) is 4.79 Å². The molecule has 1 aromatic rings. The third-order valence-electron chi connectivity index (χ3n) is 6.19. The average Bonchev–Trinajstić information content (AvgIpc) is 2.65. The van der Waals surface area contributed by atoms with Gasteiger partial charge in [-0.1, -0.05) is 37.3 Å². The molecule has 2 saturated carbocycles. The number of hydrogen-bond donors (Lipinski definition) is 1. The Balaban J connectivity index is 1.56. The molecular weight excluding hydrogens is 324 g/mol. The van der Waals surface area contributed by atoms with Gasteiger partial charge in [-0.25, -0.2) is 0 Å². The largest absolute Gasteiger partial charge is 0.490 e. The van der Waals surface area contributed by atoms with Crippen molar-refractivity contribution in [2.24, 2.45) is 5.41 Å². The van der Waals surface area contributed by atoms with Crippen molar-refractivity contribution < 1.29 is 14.6 Å². The first-order valence-electron chi connectivity index (χ1n) is 10.0. The molecule has 0 heterocycles. The van der Waals surface area contributed by atoms with Crippen molar-refractivity contribution in [2.75, 3.05) is 0 Å². The molecular formula is C23H30O3. The van der Waals surface area contributed by atoms with E-state index in [1.807, 2.05) is 24.3 Å². The average molecular weight is 354 g/mol. The molecule has 140 valence electrons. The van der Waals surface area contributed by atoms with Crippen molar-refractivity contribution in [2.45, 2.75) is 83.2 Å². The number of rotatable bonds is 5. The van der Waals surface area contributed by atoms with Gasteiger partial charge in [-0.05, 0) is 68.6 Å². The minimum absolute atomic E-state index is 0.0335. The maximum absolute atomic E-state index is 11.0. The Morgan fingerprint density at radius 1 is 1.15 bits per heavy atom. The van der Waals surface area contributed by atoms with E-state index >= 15 is 0 Å². The minimum atomic E-state index is -0.822. The van der Waals surface area contributed by atoms with Crippen LogP contribution in [0.2, 0.25) is 0 Å². The van der Waals surface area contributed by atoms with Gasteiger partial charge in [0, 0.05) is 0 Å². The highest BCUT2D eigenvalue weighted by Gasteiger charge is 2.36. The summed E-state index contributed by atoms with van der Waals surface area (Å²) in [5.41, 5.74) is 1.56. The minimum Gasteiger partial charge on any atom is -0.490 e. The fourth-order valence-electron chi connectivity index (χ4n) is 4.70.